The van der Waals surface area contributed by atoms with Crippen LogP contribution in [0.5, 0.6) is 11.5 Å². The van der Waals surface area contributed by atoms with Gasteiger partial charge in [0.25, 0.3) is 0 Å². The fraction of sp³-hybridized carbons (Fsp3) is 0.263. The molecule has 0 spiro atoms. The van der Waals surface area contributed by atoms with Gasteiger partial charge < -0.3 is 19.2 Å². The summed E-state index contributed by atoms with van der Waals surface area (Å²) >= 11 is 0. The third kappa shape index (κ3) is 4.50. The third-order valence-corrected chi connectivity index (χ3v) is 3.73. The van der Waals surface area contributed by atoms with Crippen LogP contribution in [0.1, 0.15) is 18.5 Å². The molecule has 1 amide bonds. The number of carbonyl (C=O) groups excluding carboxylic acids is 1. The average molecular weight is 339 g/mol. The van der Waals surface area contributed by atoms with Crippen LogP contribution >= 0.6 is 0 Å². The molecule has 6 heteroatoms. The number of nitrogens with zero attached hydrogens (tertiary/aromatic N) is 2. The number of aromatic nitrogens is 2. The highest BCUT2D eigenvalue weighted by atomic mass is 16.5. The highest BCUT2D eigenvalue weighted by Crippen LogP contribution is 2.17. The van der Waals surface area contributed by atoms with E-state index in [1.54, 1.807) is 7.11 Å². The van der Waals surface area contributed by atoms with Gasteiger partial charge in [0.2, 0.25) is 5.91 Å². The van der Waals surface area contributed by atoms with E-state index < -0.39 is 0 Å². The summed E-state index contributed by atoms with van der Waals surface area (Å²) in [6, 6.07) is 11.1. The first kappa shape index (κ1) is 16.8. The van der Waals surface area contributed by atoms with E-state index in [9.17, 15) is 4.79 Å². The maximum absolute atomic E-state index is 12.0. The molecule has 0 bridgehead atoms. The Hall–Kier alpha value is -3.02. The summed E-state index contributed by atoms with van der Waals surface area (Å²) in [6.07, 6.45) is 4.83. The van der Waals surface area contributed by atoms with Gasteiger partial charge in [-0.05, 0) is 49.7 Å². The Morgan fingerprint density at radius 3 is 2.64 bits per heavy atom. The van der Waals surface area contributed by atoms with Gasteiger partial charge in [-0.3, -0.25) is 4.79 Å². The van der Waals surface area contributed by atoms with E-state index in [-0.39, 0.29) is 5.91 Å². The molecule has 0 radical (unpaired) electrons. The fourth-order valence-electron chi connectivity index (χ4n) is 2.51. The third-order valence-electron chi connectivity index (χ3n) is 3.73. The lowest BCUT2D eigenvalue weighted by atomic mass is 10.3. The number of methoxy groups -OCH3 is 1. The minimum absolute atomic E-state index is 0.0329. The van der Waals surface area contributed by atoms with Crippen LogP contribution in [0.25, 0.3) is 5.65 Å². The first-order valence-corrected chi connectivity index (χ1v) is 8.16. The number of aryl methyl sites for hydroxylation is 1. The number of hydrogen-bond acceptors (Lipinski definition) is 4. The first-order valence-electron chi connectivity index (χ1n) is 8.16. The van der Waals surface area contributed by atoms with Crippen molar-refractivity contribution in [2.45, 2.75) is 19.8 Å². The summed E-state index contributed by atoms with van der Waals surface area (Å²) in [5.41, 5.74) is 2.56. The summed E-state index contributed by atoms with van der Waals surface area (Å²) in [4.78, 5) is 16.4. The van der Waals surface area contributed by atoms with Crippen molar-refractivity contribution in [2.24, 2.45) is 0 Å². The summed E-state index contributed by atoms with van der Waals surface area (Å²) < 4.78 is 12.6. The molecule has 1 N–H and O–H groups in total. The fourth-order valence-corrected chi connectivity index (χ4v) is 2.51. The SMILES string of the molecule is COc1ccc(OCCCC(=O)Nc2ccc3nc(C)cn3c2)cc1. The zero-order valence-electron chi connectivity index (χ0n) is 14.4. The molecule has 0 saturated carbocycles. The summed E-state index contributed by atoms with van der Waals surface area (Å²) in [6.45, 7) is 2.42. The Kier molecular flexibility index (Phi) is 5.18. The molecule has 0 atom stereocenters. The van der Waals surface area contributed by atoms with Gasteiger partial charge in [-0.25, -0.2) is 4.98 Å². The maximum Gasteiger partial charge on any atom is 0.224 e. The number of amides is 1. The molecule has 3 rings (SSSR count). The van der Waals surface area contributed by atoms with Crippen molar-refractivity contribution in [3.63, 3.8) is 0 Å². The van der Waals surface area contributed by atoms with Crippen LogP contribution in [0.4, 0.5) is 5.69 Å². The molecule has 1 aromatic carbocycles. The molecular weight excluding hydrogens is 318 g/mol. The monoisotopic (exact) mass is 339 g/mol. The van der Waals surface area contributed by atoms with Crippen LogP contribution < -0.4 is 14.8 Å². The number of anilines is 1. The Labute approximate surface area is 146 Å². The number of benzene rings is 1. The predicted molar refractivity (Wildman–Crippen MR) is 96.3 cm³/mol. The molecule has 3 aromatic rings. The van der Waals surface area contributed by atoms with Gasteiger partial charge in [0, 0.05) is 18.8 Å². The maximum atomic E-state index is 12.0. The van der Waals surface area contributed by atoms with Gasteiger partial charge in [-0.2, -0.15) is 0 Å². The highest BCUT2D eigenvalue weighted by Gasteiger charge is 2.05. The van der Waals surface area contributed by atoms with Crippen molar-refractivity contribution in [1.82, 2.24) is 9.38 Å². The summed E-state index contributed by atoms with van der Waals surface area (Å²) in [5, 5.41) is 2.90. The molecule has 0 aliphatic carbocycles. The molecule has 25 heavy (non-hydrogen) atoms. The van der Waals surface area contributed by atoms with Gasteiger partial charge >= 0.3 is 0 Å². The Morgan fingerprint density at radius 1 is 1.12 bits per heavy atom. The van der Waals surface area contributed by atoms with E-state index in [2.05, 4.69) is 10.3 Å². The largest absolute Gasteiger partial charge is 0.497 e. The second kappa shape index (κ2) is 7.70. The number of nitrogens with one attached hydrogen (secondary N) is 1. The van der Waals surface area contributed by atoms with Crippen LogP contribution in [0.2, 0.25) is 0 Å². The number of pyridine rings is 1. The molecule has 0 aliphatic rings. The Bertz CT molecular complexity index is 856. The molecule has 0 saturated heterocycles. The minimum atomic E-state index is -0.0329. The molecule has 2 aromatic heterocycles. The van der Waals surface area contributed by atoms with Crippen molar-refractivity contribution < 1.29 is 14.3 Å². The quantitative estimate of drug-likeness (QED) is 0.670. The molecule has 2 heterocycles. The van der Waals surface area contributed by atoms with Crippen LogP contribution in [0.3, 0.4) is 0 Å². The average Bonchev–Trinajstić information content (AvgIpc) is 2.98. The van der Waals surface area contributed by atoms with Gasteiger partial charge in [0.15, 0.2) is 0 Å². The molecular formula is C19H21N3O3. The van der Waals surface area contributed by atoms with Crippen molar-refractivity contribution in [1.29, 1.82) is 0 Å². The Balaban J connectivity index is 1.43. The van der Waals surface area contributed by atoms with Crippen molar-refractivity contribution in [2.75, 3.05) is 19.0 Å². The van der Waals surface area contributed by atoms with E-state index >= 15 is 0 Å². The van der Waals surface area contributed by atoms with Gasteiger partial charge in [0.1, 0.15) is 17.1 Å². The van der Waals surface area contributed by atoms with Gasteiger partial charge in [-0.1, -0.05) is 0 Å². The number of carbonyl (C=O) groups is 1. The standard InChI is InChI=1S/C19H21N3O3/c1-14-12-22-13-15(5-10-18(22)20-14)21-19(23)4-3-11-25-17-8-6-16(24-2)7-9-17/h5-10,12-13H,3-4,11H2,1-2H3,(H,21,23). The molecule has 130 valence electrons. The van der Waals surface area contributed by atoms with Gasteiger partial charge in [0.05, 0.1) is 25.1 Å². The second-order valence-electron chi connectivity index (χ2n) is 5.74. The molecule has 0 aliphatic heterocycles. The highest BCUT2D eigenvalue weighted by molar-refractivity contribution is 5.90. The van der Waals surface area contributed by atoms with Crippen LogP contribution in [-0.4, -0.2) is 29.0 Å². The van der Waals surface area contributed by atoms with E-state index in [0.29, 0.717) is 19.4 Å². The number of rotatable bonds is 7. The molecule has 6 nitrogen and oxygen atoms in total. The van der Waals surface area contributed by atoms with Crippen LogP contribution in [-0.2, 0) is 4.79 Å². The zero-order valence-corrected chi connectivity index (χ0v) is 14.4. The first-order chi connectivity index (χ1) is 12.1. The van der Waals surface area contributed by atoms with E-state index in [4.69, 9.17) is 9.47 Å². The lowest BCUT2D eigenvalue weighted by Crippen LogP contribution is -2.13. The van der Waals surface area contributed by atoms with E-state index in [0.717, 1.165) is 28.5 Å². The number of ether oxygens (including phenoxy) is 2. The lowest BCUT2D eigenvalue weighted by Gasteiger charge is -2.08. The minimum Gasteiger partial charge on any atom is -0.497 e. The summed E-state index contributed by atoms with van der Waals surface area (Å²) in [5.74, 6) is 1.52. The topological polar surface area (TPSA) is 64.9 Å². The van der Waals surface area contributed by atoms with E-state index in [1.165, 1.54) is 0 Å². The van der Waals surface area contributed by atoms with Crippen LogP contribution in [0.15, 0.2) is 48.8 Å². The van der Waals surface area contributed by atoms with Crippen molar-refractivity contribution >= 4 is 17.2 Å². The Morgan fingerprint density at radius 2 is 1.88 bits per heavy atom. The van der Waals surface area contributed by atoms with Crippen molar-refractivity contribution in [3.05, 3.63) is 54.5 Å². The number of fused-ring (bicyclic) bond motifs is 1. The molecule has 0 unspecified atom stereocenters. The lowest BCUT2D eigenvalue weighted by molar-refractivity contribution is -0.116. The van der Waals surface area contributed by atoms with Crippen molar-refractivity contribution in [3.8, 4) is 11.5 Å². The smallest absolute Gasteiger partial charge is 0.224 e. The van der Waals surface area contributed by atoms with E-state index in [1.807, 2.05) is 60.1 Å². The predicted octanol–water partition coefficient (Wildman–Crippen LogP) is 3.45. The van der Waals surface area contributed by atoms with Crippen LogP contribution in [0, 0.1) is 6.92 Å². The zero-order chi connectivity index (χ0) is 17.6. The molecule has 0 fully saturated rings. The van der Waals surface area contributed by atoms with Gasteiger partial charge in [-0.15, -0.1) is 0 Å². The normalized spacial score (nSPS) is 10.6. The number of hydrogen-bond donors (Lipinski definition) is 1. The second-order valence-corrected chi connectivity index (χ2v) is 5.74. The number of imidazole rings is 1. The summed E-state index contributed by atoms with van der Waals surface area (Å²) in [7, 11) is 1.63.